The Morgan fingerprint density at radius 2 is 1.58 bits per heavy atom. The summed E-state index contributed by atoms with van der Waals surface area (Å²) in [6.07, 6.45) is -0.317. The van der Waals surface area contributed by atoms with Crippen LogP contribution in [0.15, 0.2) is 108 Å². The van der Waals surface area contributed by atoms with Gasteiger partial charge in [0.25, 0.3) is 5.91 Å². The molecule has 1 N–H and O–H groups in total. The maximum Gasteiger partial charge on any atom is 0.262 e. The third-order valence-electron chi connectivity index (χ3n) is 7.17. The van der Waals surface area contributed by atoms with Crippen molar-refractivity contribution in [2.75, 3.05) is 24.5 Å². The van der Waals surface area contributed by atoms with Crippen molar-refractivity contribution in [3.8, 4) is 5.75 Å². The van der Waals surface area contributed by atoms with Crippen LogP contribution in [0.4, 0.5) is 5.69 Å². The first kappa shape index (κ1) is 30.3. The Labute approximate surface area is 256 Å². The van der Waals surface area contributed by atoms with Gasteiger partial charge in [-0.1, -0.05) is 83.9 Å². The van der Waals surface area contributed by atoms with Gasteiger partial charge in [-0.3, -0.25) is 9.59 Å². The second kappa shape index (κ2) is 13.4. The average molecular weight is 618 g/mol. The van der Waals surface area contributed by atoms with Crippen LogP contribution in [0.25, 0.3) is 0 Å². The summed E-state index contributed by atoms with van der Waals surface area (Å²) in [5.74, 6) is -0.466. The van der Waals surface area contributed by atoms with E-state index in [9.17, 15) is 18.0 Å². The van der Waals surface area contributed by atoms with E-state index in [0.29, 0.717) is 29.4 Å². The number of benzene rings is 4. The molecule has 2 amide bonds. The molecule has 10 heteroatoms. The molecule has 5 rings (SSSR count). The highest BCUT2D eigenvalue weighted by atomic mass is 35.5. The first-order chi connectivity index (χ1) is 20.7. The van der Waals surface area contributed by atoms with Crippen LogP contribution in [0.5, 0.6) is 5.75 Å². The lowest BCUT2D eigenvalue weighted by Gasteiger charge is -2.35. The third kappa shape index (κ3) is 7.43. The number of rotatable bonds is 10. The number of anilines is 1. The summed E-state index contributed by atoms with van der Waals surface area (Å²) >= 11 is 6.01. The van der Waals surface area contributed by atoms with Crippen LogP contribution in [0, 0.1) is 6.92 Å². The van der Waals surface area contributed by atoms with Gasteiger partial charge >= 0.3 is 0 Å². The normalized spacial score (nSPS) is 14.6. The molecule has 8 nitrogen and oxygen atoms in total. The number of amides is 2. The number of hydrogen-bond donors (Lipinski definition) is 1. The molecule has 0 saturated heterocycles. The molecule has 222 valence electrons. The SMILES string of the molecule is Cc1ccc(CN(CC(=O)N2C[C@@H](C(=O)NCCc3ccccc3)Oc3ccccc32)S(=O)(=O)c2ccc(Cl)cc2)cc1. The fourth-order valence-electron chi connectivity index (χ4n) is 4.81. The zero-order valence-electron chi connectivity index (χ0n) is 23.6. The molecule has 4 aromatic carbocycles. The molecule has 0 spiro atoms. The van der Waals surface area contributed by atoms with Crippen molar-refractivity contribution < 1.29 is 22.7 Å². The maximum absolute atomic E-state index is 13.9. The Kier molecular flexibility index (Phi) is 9.45. The van der Waals surface area contributed by atoms with Crippen molar-refractivity contribution in [2.45, 2.75) is 30.9 Å². The van der Waals surface area contributed by atoms with E-state index in [0.717, 1.165) is 21.0 Å². The molecule has 0 aliphatic carbocycles. The van der Waals surface area contributed by atoms with Gasteiger partial charge in [-0.2, -0.15) is 4.31 Å². The number of halogens is 1. The number of nitrogens with one attached hydrogen (secondary N) is 1. The highest BCUT2D eigenvalue weighted by molar-refractivity contribution is 7.89. The molecule has 43 heavy (non-hydrogen) atoms. The highest BCUT2D eigenvalue weighted by Crippen LogP contribution is 2.34. The van der Waals surface area contributed by atoms with Gasteiger partial charge in [0.2, 0.25) is 15.9 Å². The van der Waals surface area contributed by atoms with Gasteiger partial charge in [-0.05, 0) is 60.9 Å². The van der Waals surface area contributed by atoms with Crippen LogP contribution >= 0.6 is 11.6 Å². The number of sulfonamides is 1. The predicted molar refractivity (Wildman–Crippen MR) is 167 cm³/mol. The van der Waals surface area contributed by atoms with Crippen LogP contribution in [0.3, 0.4) is 0 Å². The summed E-state index contributed by atoms with van der Waals surface area (Å²) in [6.45, 7) is 1.82. The summed E-state index contributed by atoms with van der Waals surface area (Å²) < 4.78 is 34.8. The fourth-order valence-corrected chi connectivity index (χ4v) is 6.31. The molecule has 1 aliphatic heterocycles. The van der Waals surface area contributed by atoms with E-state index in [4.69, 9.17) is 16.3 Å². The first-order valence-corrected chi connectivity index (χ1v) is 15.7. The number of carbonyl (C=O) groups excluding carboxylic acids is 2. The summed E-state index contributed by atoms with van der Waals surface area (Å²) in [6, 6.07) is 30.0. The van der Waals surface area contributed by atoms with Crippen molar-refractivity contribution >= 4 is 39.1 Å². The average Bonchev–Trinajstić information content (AvgIpc) is 3.01. The van der Waals surface area contributed by atoms with Crippen molar-refractivity contribution in [2.24, 2.45) is 0 Å². The molecule has 0 fully saturated rings. The molecule has 0 bridgehead atoms. The number of hydrogen-bond acceptors (Lipinski definition) is 5. The molecule has 4 aromatic rings. The lowest BCUT2D eigenvalue weighted by molar-refractivity contribution is -0.128. The highest BCUT2D eigenvalue weighted by Gasteiger charge is 2.36. The van der Waals surface area contributed by atoms with Crippen LogP contribution in [-0.4, -0.2) is 50.3 Å². The zero-order valence-corrected chi connectivity index (χ0v) is 25.2. The number of nitrogens with zero attached hydrogens (tertiary/aromatic N) is 2. The maximum atomic E-state index is 13.9. The zero-order chi connectivity index (χ0) is 30.4. The summed E-state index contributed by atoms with van der Waals surface area (Å²) in [5.41, 5.74) is 3.32. The minimum atomic E-state index is -4.09. The van der Waals surface area contributed by atoms with E-state index in [2.05, 4.69) is 5.32 Å². The van der Waals surface area contributed by atoms with Gasteiger partial charge in [0.1, 0.15) is 5.75 Å². The Hall–Kier alpha value is -4.18. The first-order valence-electron chi connectivity index (χ1n) is 13.9. The molecular formula is C33H32ClN3O5S. The van der Waals surface area contributed by atoms with Gasteiger partial charge in [-0.15, -0.1) is 0 Å². The van der Waals surface area contributed by atoms with Crippen LogP contribution in [0.1, 0.15) is 16.7 Å². The van der Waals surface area contributed by atoms with E-state index < -0.39 is 28.6 Å². The predicted octanol–water partition coefficient (Wildman–Crippen LogP) is 4.99. The van der Waals surface area contributed by atoms with Crippen LogP contribution in [-0.2, 0) is 32.6 Å². The lowest BCUT2D eigenvalue weighted by Crippen LogP contribution is -2.53. The molecule has 1 atom stereocenters. The Bertz CT molecular complexity index is 1680. The smallest absolute Gasteiger partial charge is 0.262 e. The van der Waals surface area contributed by atoms with E-state index >= 15 is 0 Å². The standard InChI is InChI=1S/C33H32ClN3O5S/c1-24-11-13-26(14-12-24)21-36(43(40,41)28-17-15-27(34)16-18-28)23-32(38)37-22-31(42-30-10-6-5-9-29(30)37)33(39)35-20-19-25-7-3-2-4-8-25/h2-18,31H,19-23H2,1H3,(H,35,39)/t31-/m0/s1. The molecule has 1 heterocycles. The topological polar surface area (TPSA) is 96.0 Å². The lowest BCUT2D eigenvalue weighted by atomic mass is 10.1. The largest absolute Gasteiger partial charge is 0.477 e. The summed E-state index contributed by atoms with van der Waals surface area (Å²) in [5, 5.41) is 3.30. The van der Waals surface area contributed by atoms with Gasteiger partial charge < -0.3 is 15.0 Å². The van der Waals surface area contributed by atoms with E-state index in [-0.39, 0.29) is 23.9 Å². The van der Waals surface area contributed by atoms with E-state index in [1.807, 2.05) is 61.5 Å². The molecule has 1 aliphatic rings. The van der Waals surface area contributed by atoms with Gasteiger partial charge in [0.05, 0.1) is 23.7 Å². The van der Waals surface area contributed by atoms with E-state index in [1.54, 1.807) is 24.3 Å². The summed E-state index contributed by atoms with van der Waals surface area (Å²) in [7, 11) is -4.09. The van der Waals surface area contributed by atoms with Crippen molar-refractivity contribution in [3.63, 3.8) is 0 Å². The Balaban J connectivity index is 1.37. The second-order valence-electron chi connectivity index (χ2n) is 10.3. The minimum absolute atomic E-state index is 0.0215. The Morgan fingerprint density at radius 3 is 2.30 bits per heavy atom. The Morgan fingerprint density at radius 1 is 0.907 bits per heavy atom. The van der Waals surface area contributed by atoms with Crippen molar-refractivity contribution in [3.05, 3.63) is 125 Å². The number of para-hydroxylation sites is 2. The molecule has 0 unspecified atom stereocenters. The fraction of sp³-hybridized carbons (Fsp3) is 0.212. The molecule has 0 radical (unpaired) electrons. The van der Waals surface area contributed by atoms with Crippen molar-refractivity contribution in [1.29, 1.82) is 0 Å². The number of carbonyl (C=O) groups is 2. The monoisotopic (exact) mass is 617 g/mol. The summed E-state index contributed by atoms with van der Waals surface area (Å²) in [4.78, 5) is 28.5. The minimum Gasteiger partial charge on any atom is -0.477 e. The molecule has 0 saturated carbocycles. The molecule has 0 aromatic heterocycles. The van der Waals surface area contributed by atoms with Crippen LogP contribution < -0.4 is 15.0 Å². The van der Waals surface area contributed by atoms with Gasteiger partial charge in [0.15, 0.2) is 6.10 Å². The van der Waals surface area contributed by atoms with Gasteiger partial charge in [-0.25, -0.2) is 8.42 Å². The number of fused-ring (bicyclic) bond motifs is 1. The van der Waals surface area contributed by atoms with Crippen molar-refractivity contribution in [1.82, 2.24) is 9.62 Å². The van der Waals surface area contributed by atoms with E-state index in [1.165, 1.54) is 29.2 Å². The third-order valence-corrected chi connectivity index (χ3v) is 9.22. The quantitative estimate of drug-likeness (QED) is 0.270. The molecular weight excluding hydrogens is 586 g/mol. The van der Waals surface area contributed by atoms with Gasteiger partial charge in [0, 0.05) is 18.1 Å². The number of aryl methyl sites for hydroxylation is 1. The van der Waals surface area contributed by atoms with Crippen LogP contribution in [0.2, 0.25) is 5.02 Å². The second-order valence-corrected chi connectivity index (χ2v) is 12.7. The number of ether oxygens (including phenoxy) is 1.